The number of hydrazone groups is 1. The molecule has 0 aliphatic heterocycles. The lowest BCUT2D eigenvalue weighted by Crippen LogP contribution is -2.30. The Hall–Kier alpha value is -3.98. The van der Waals surface area contributed by atoms with Crippen LogP contribution in [0.1, 0.15) is 34.9 Å². The summed E-state index contributed by atoms with van der Waals surface area (Å²) < 4.78 is 12.7. The molecule has 2 heterocycles. The van der Waals surface area contributed by atoms with Gasteiger partial charge in [-0.05, 0) is 60.1 Å². The van der Waals surface area contributed by atoms with Gasteiger partial charge in [-0.15, -0.1) is 11.3 Å². The van der Waals surface area contributed by atoms with Crippen LogP contribution in [0.25, 0.3) is 10.2 Å². The molecule has 1 aliphatic carbocycles. The van der Waals surface area contributed by atoms with Crippen LogP contribution in [0, 0.1) is 5.92 Å². The van der Waals surface area contributed by atoms with Gasteiger partial charge in [0, 0.05) is 4.88 Å². The molecule has 190 valence electrons. The van der Waals surface area contributed by atoms with Gasteiger partial charge in [0.25, 0.3) is 11.5 Å². The molecule has 0 saturated heterocycles. The summed E-state index contributed by atoms with van der Waals surface area (Å²) in [5.74, 6) is 1.38. The van der Waals surface area contributed by atoms with E-state index in [-0.39, 0.29) is 12.1 Å². The molecule has 1 amide bonds. The zero-order valence-corrected chi connectivity index (χ0v) is 21.6. The van der Waals surface area contributed by atoms with Crippen LogP contribution in [0.4, 0.5) is 0 Å². The van der Waals surface area contributed by atoms with Gasteiger partial charge in [0.15, 0.2) is 11.5 Å². The van der Waals surface area contributed by atoms with Gasteiger partial charge < -0.3 is 9.47 Å². The topological polar surface area (TPSA) is 94.8 Å². The maximum Gasteiger partial charge on any atom is 0.262 e. The number of carbonyl (C=O) groups is 1. The van der Waals surface area contributed by atoms with Gasteiger partial charge in [0.1, 0.15) is 18.0 Å². The minimum atomic E-state index is -0.410. The number of nitrogens with zero attached hydrogens (tertiary/aromatic N) is 3. The van der Waals surface area contributed by atoms with Crippen molar-refractivity contribution in [2.75, 3.05) is 7.11 Å². The predicted molar refractivity (Wildman–Crippen MR) is 145 cm³/mol. The number of thiophene rings is 1. The minimum Gasteiger partial charge on any atom is -0.493 e. The summed E-state index contributed by atoms with van der Waals surface area (Å²) >= 11 is 1.59. The number of hydrogen-bond acceptors (Lipinski definition) is 7. The lowest BCUT2D eigenvalue weighted by atomic mass is 9.89. The van der Waals surface area contributed by atoms with Gasteiger partial charge in [-0.3, -0.25) is 14.2 Å². The van der Waals surface area contributed by atoms with Crippen molar-refractivity contribution in [1.82, 2.24) is 15.0 Å². The predicted octanol–water partition coefficient (Wildman–Crippen LogP) is 4.32. The molecule has 4 aromatic rings. The Labute approximate surface area is 218 Å². The molecule has 9 heteroatoms. The molecule has 0 bridgehead atoms. The first-order valence-corrected chi connectivity index (χ1v) is 13.0. The SMILES string of the molecule is COc1cc(/C=N\NC(=O)Cn2cnc3sc4c(c3c2=O)CC[C@H](C)C4)ccc1OCc1ccccc1. The van der Waals surface area contributed by atoms with Crippen molar-refractivity contribution < 1.29 is 14.3 Å². The Morgan fingerprint density at radius 1 is 1.24 bits per heavy atom. The van der Waals surface area contributed by atoms with Gasteiger partial charge in [0.2, 0.25) is 0 Å². The number of aryl methyl sites for hydroxylation is 1. The second kappa shape index (κ2) is 11.0. The smallest absolute Gasteiger partial charge is 0.262 e. The molecular weight excluding hydrogens is 488 g/mol. The monoisotopic (exact) mass is 516 g/mol. The van der Waals surface area contributed by atoms with E-state index in [0.717, 1.165) is 40.8 Å². The van der Waals surface area contributed by atoms with Gasteiger partial charge in [0.05, 0.1) is 25.0 Å². The molecule has 0 unspecified atom stereocenters. The maximum absolute atomic E-state index is 13.1. The van der Waals surface area contributed by atoms with Crippen molar-refractivity contribution >= 4 is 33.7 Å². The average Bonchev–Trinajstić information content (AvgIpc) is 3.28. The Morgan fingerprint density at radius 2 is 2.08 bits per heavy atom. The van der Waals surface area contributed by atoms with Crippen LogP contribution in [0.2, 0.25) is 0 Å². The summed E-state index contributed by atoms with van der Waals surface area (Å²) in [6.07, 6.45) is 5.89. The molecule has 1 atom stereocenters. The molecule has 2 aromatic carbocycles. The molecule has 8 nitrogen and oxygen atoms in total. The van der Waals surface area contributed by atoms with Crippen molar-refractivity contribution in [2.45, 2.75) is 39.3 Å². The van der Waals surface area contributed by atoms with E-state index in [4.69, 9.17) is 9.47 Å². The van der Waals surface area contributed by atoms with Crippen LogP contribution in [0.5, 0.6) is 11.5 Å². The molecule has 0 radical (unpaired) electrons. The third-order valence-corrected chi connectivity index (χ3v) is 7.59. The number of methoxy groups -OCH3 is 1. The first kappa shape index (κ1) is 24.7. The molecule has 0 spiro atoms. The van der Waals surface area contributed by atoms with Crippen molar-refractivity contribution in [3.63, 3.8) is 0 Å². The van der Waals surface area contributed by atoms with Crippen LogP contribution in [-0.2, 0) is 30.8 Å². The van der Waals surface area contributed by atoms with E-state index >= 15 is 0 Å². The van der Waals surface area contributed by atoms with E-state index in [0.29, 0.717) is 29.4 Å². The van der Waals surface area contributed by atoms with E-state index in [2.05, 4.69) is 22.4 Å². The normalized spacial score (nSPS) is 15.0. The Balaban J connectivity index is 1.22. The quantitative estimate of drug-likeness (QED) is 0.278. The Bertz CT molecular complexity index is 1510. The number of ether oxygens (including phenoxy) is 2. The number of fused-ring (bicyclic) bond motifs is 3. The number of rotatable bonds is 8. The van der Waals surface area contributed by atoms with E-state index in [1.165, 1.54) is 22.0 Å². The zero-order valence-electron chi connectivity index (χ0n) is 20.8. The third-order valence-electron chi connectivity index (χ3n) is 6.42. The molecule has 1 N–H and O–H groups in total. The van der Waals surface area contributed by atoms with Crippen molar-refractivity contribution in [2.24, 2.45) is 11.0 Å². The number of benzene rings is 2. The van der Waals surface area contributed by atoms with Crippen LogP contribution in [0.15, 0.2) is 64.8 Å². The summed E-state index contributed by atoms with van der Waals surface area (Å²) in [5, 5.41) is 4.70. The van der Waals surface area contributed by atoms with E-state index in [9.17, 15) is 9.59 Å². The van der Waals surface area contributed by atoms with Crippen LogP contribution in [-0.4, -0.2) is 28.8 Å². The average molecular weight is 517 g/mol. The van der Waals surface area contributed by atoms with E-state index in [1.54, 1.807) is 30.6 Å². The summed E-state index contributed by atoms with van der Waals surface area (Å²) in [4.78, 5) is 32.1. The second-order valence-corrected chi connectivity index (χ2v) is 10.3. The highest BCUT2D eigenvalue weighted by Gasteiger charge is 2.23. The zero-order chi connectivity index (χ0) is 25.8. The summed E-state index contributed by atoms with van der Waals surface area (Å²) in [6, 6.07) is 15.3. The number of amides is 1. The van der Waals surface area contributed by atoms with E-state index in [1.807, 2.05) is 36.4 Å². The van der Waals surface area contributed by atoms with Crippen molar-refractivity contribution in [3.05, 3.63) is 86.8 Å². The van der Waals surface area contributed by atoms with Gasteiger partial charge in [-0.2, -0.15) is 5.10 Å². The molecule has 37 heavy (non-hydrogen) atoms. The molecule has 0 saturated carbocycles. The molecule has 1 aliphatic rings. The number of aromatic nitrogens is 2. The van der Waals surface area contributed by atoms with Gasteiger partial charge in [-0.1, -0.05) is 37.3 Å². The molecule has 5 rings (SSSR count). The van der Waals surface area contributed by atoms with Crippen molar-refractivity contribution in [1.29, 1.82) is 0 Å². The summed E-state index contributed by atoms with van der Waals surface area (Å²) in [7, 11) is 1.57. The lowest BCUT2D eigenvalue weighted by molar-refractivity contribution is -0.121. The van der Waals surface area contributed by atoms with Crippen LogP contribution >= 0.6 is 11.3 Å². The van der Waals surface area contributed by atoms with Crippen molar-refractivity contribution in [3.8, 4) is 11.5 Å². The maximum atomic E-state index is 13.1. The highest BCUT2D eigenvalue weighted by molar-refractivity contribution is 7.18. The fourth-order valence-electron chi connectivity index (χ4n) is 4.47. The van der Waals surface area contributed by atoms with Gasteiger partial charge in [-0.25, -0.2) is 10.4 Å². The minimum absolute atomic E-state index is 0.157. The highest BCUT2D eigenvalue weighted by Crippen LogP contribution is 2.35. The highest BCUT2D eigenvalue weighted by atomic mass is 32.1. The summed E-state index contributed by atoms with van der Waals surface area (Å²) in [6.45, 7) is 2.50. The Morgan fingerprint density at radius 3 is 2.89 bits per heavy atom. The molecule has 2 aromatic heterocycles. The molecule has 0 fully saturated rings. The standard InChI is InChI=1S/C28H28N4O4S/c1-18-8-10-21-24(12-18)37-27-26(21)28(34)32(17-29-27)15-25(33)31-30-14-20-9-11-22(23(13-20)35-2)36-16-19-6-4-3-5-7-19/h3-7,9,11,13-14,17-18H,8,10,12,15-16H2,1-2H3,(H,31,33)/b30-14-/t18-/m0/s1. The van der Waals surface area contributed by atoms with E-state index < -0.39 is 5.91 Å². The molecular formula is C28H28N4O4S. The van der Waals surface area contributed by atoms with Gasteiger partial charge >= 0.3 is 0 Å². The Kier molecular flexibility index (Phi) is 7.32. The number of carbonyl (C=O) groups excluding carboxylic acids is 1. The summed E-state index contributed by atoms with van der Waals surface area (Å²) in [5.41, 5.74) is 5.20. The largest absolute Gasteiger partial charge is 0.493 e. The number of nitrogens with one attached hydrogen (secondary N) is 1. The second-order valence-electron chi connectivity index (χ2n) is 9.19. The van der Waals surface area contributed by atoms with Crippen LogP contribution in [0.3, 0.4) is 0 Å². The van der Waals surface area contributed by atoms with Crippen LogP contribution < -0.4 is 20.5 Å². The first-order valence-electron chi connectivity index (χ1n) is 12.2. The lowest BCUT2D eigenvalue weighted by Gasteiger charge is -2.17. The third kappa shape index (κ3) is 5.56. The number of hydrogen-bond donors (Lipinski definition) is 1. The fraction of sp³-hybridized carbons (Fsp3) is 0.286. The first-order chi connectivity index (χ1) is 18.0. The fourth-order valence-corrected chi connectivity index (χ4v) is 5.81.